The van der Waals surface area contributed by atoms with Gasteiger partial charge in [-0.2, -0.15) is 11.8 Å². The zero-order valence-corrected chi connectivity index (χ0v) is 12.4. The molecule has 0 spiro atoms. The molecule has 0 rings (SSSR count). The van der Waals surface area contributed by atoms with E-state index in [2.05, 4.69) is 39.0 Å². The summed E-state index contributed by atoms with van der Waals surface area (Å²) in [6.45, 7) is 7.91. The zero-order valence-electron chi connectivity index (χ0n) is 11.6. The van der Waals surface area contributed by atoms with Crippen LogP contribution in [0, 0.1) is 5.41 Å². The molecule has 0 fully saturated rings. The number of aliphatic hydroxyl groups is 1. The maximum absolute atomic E-state index is 9.52. The van der Waals surface area contributed by atoms with Gasteiger partial charge in [0.05, 0.1) is 0 Å². The normalized spacial score (nSPS) is 17.4. The summed E-state index contributed by atoms with van der Waals surface area (Å²) in [5, 5.41) is 9.52. The second kappa shape index (κ2) is 8.37. The van der Waals surface area contributed by atoms with Gasteiger partial charge in [-0.05, 0) is 26.1 Å². The molecule has 0 aromatic rings. The van der Waals surface area contributed by atoms with Gasteiger partial charge in [0.1, 0.15) is 0 Å². The molecular formula is C13H29NOS. The number of hydrogen-bond acceptors (Lipinski definition) is 3. The van der Waals surface area contributed by atoms with E-state index in [4.69, 9.17) is 0 Å². The quantitative estimate of drug-likeness (QED) is 0.678. The minimum Gasteiger partial charge on any atom is -0.396 e. The van der Waals surface area contributed by atoms with E-state index in [0.29, 0.717) is 12.6 Å². The Bertz CT molecular complexity index is 177. The third-order valence-corrected chi connectivity index (χ3v) is 4.04. The van der Waals surface area contributed by atoms with Crippen molar-refractivity contribution in [3.05, 3.63) is 0 Å². The summed E-state index contributed by atoms with van der Waals surface area (Å²) in [5.41, 5.74) is 0.0648. The summed E-state index contributed by atoms with van der Waals surface area (Å²) in [6, 6.07) is 0.637. The monoisotopic (exact) mass is 247 g/mol. The Hall–Kier alpha value is 0.270. The molecule has 98 valence electrons. The number of thioether (sulfide) groups is 1. The fraction of sp³-hybridized carbons (Fsp3) is 1.00. The Morgan fingerprint density at radius 3 is 2.38 bits per heavy atom. The van der Waals surface area contributed by atoms with E-state index in [1.807, 2.05) is 11.8 Å². The average Bonchev–Trinajstić information content (AvgIpc) is 2.25. The lowest BCUT2D eigenvalue weighted by atomic mass is 9.85. The highest BCUT2D eigenvalue weighted by atomic mass is 32.2. The summed E-state index contributed by atoms with van der Waals surface area (Å²) in [7, 11) is 2.19. The van der Waals surface area contributed by atoms with Gasteiger partial charge < -0.3 is 10.0 Å². The summed E-state index contributed by atoms with van der Waals surface area (Å²) >= 11 is 1.91. The first kappa shape index (κ1) is 16.3. The van der Waals surface area contributed by atoms with Gasteiger partial charge in [0, 0.05) is 30.4 Å². The fourth-order valence-corrected chi connectivity index (χ4v) is 3.17. The van der Waals surface area contributed by atoms with E-state index in [-0.39, 0.29) is 5.41 Å². The van der Waals surface area contributed by atoms with Crippen molar-refractivity contribution in [2.45, 2.75) is 46.1 Å². The second-order valence-corrected chi connectivity index (χ2v) is 6.06. The highest BCUT2D eigenvalue weighted by Gasteiger charge is 2.26. The number of rotatable bonds is 9. The Morgan fingerprint density at radius 1 is 1.38 bits per heavy atom. The predicted molar refractivity (Wildman–Crippen MR) is 75.2 cm³/mol. The van der Waals surface area contributed by atoms with Crippen molar-refractivity contribution in [1.29, 1.82) is 0 Å². The molecule has 0 aromatic heterocycles. The SMILES string of the molecule is CCCC(C)(CO)CN(C)C(CC)CSC. The van der Waals surface area contributed by atoms with Crippen LogP contribution in [0.15, 0.2) is 0 Å². The van der Waals surface area contributed by atoms with Gasteiger partial charge in [0.15, 0.2) is 0 Å². The zero-order chi connectivity index (χ0) is 12.6. The lowest BCUT2D eigenvalue weighted by molar-refractivity contribution is 0.0763. The van der Waals surface area contributed by atoms with Gasteiger partial charge in [-0.25, -0.2) is 0 Å². The van der Waals surface area contributed by atoms with Crippen molar-refractivity contribution in [3.63, 3.8) is 0 Å². The van der Waals surface area contributed by atoms with E-state index in [9.17, 15) is 5.11 Å². The Kier molecular flexibility index (Phi) is 8.52. The smallest absolute Gasteiger partial charge is 0.0497 e. The van der Waals surface area contributed by atoms with Crippen molar-refractivity contribution in [2.75, 3.05) is 32.2 Å². The number of aliphatic hydroxyl groups excluding tert-OH is 1. The molecule has 0 amide bonds. The van der Waals surface area contributed by atoms with Crippen LogP contribution in [-0.4, -0.2) is 48.3 Å². The minimum absolute atomic E-state index is 0.0648. The first-order valence-corrected chi connectivity index (χ1v) is 7.72. The summed E-state index contributed by atoms with van der Waals surface area (Å²) in [6.07, 6.45) is 5.59. The largest absolute Gasteiger partial charge is 0.396 e. The predicted octanol–water partition coefficient (Wildman–Crippen LogP) is 2.86. The highest BCUT2D eigenvalue weighted by Crippen LogP contribution is 2.25. The van der Waals surface area contributed by atoms with Crippen LogP contribution in [0.25, 0.3) is 0 Å². The molecule has 0 radical (unpaired) electrons. The van der Waals surface area contributed by atoms with Crippen LogP contribution in [0.5, 0.6) is 0 Å². The first-order chi connectivity index (χ1) is 7.52. The molecule has 0 aliphatic carbocycles. The number of nitrogens with zero attached hydrogens (tertiary/aromatic N) is 1. The molecule has 0 aliphatic rings. The van der Waals surface area contributed by atoms with Crippen LogP contribution >= 0.6 is 11.8 Å². The Labute approximate surface area is 106 Å². The molecule has 1 N–H and O–H groups in total. The molecule has 0 aromatic carbocycles. The van der Waals surface area contributed by atoms with E-state index in [1.54, 1.807) is 0 Å². The minimum atomic E-state index is 0.0648. The molecular weight excluding hydrogens is 218 g/mol. The molecule has 0 saturated heterocycles. The summed E-state index contributed by atoms with van der Waals surface area (Å²) < 4.78 is 0. The molecule has 2 atom stereocenters. The molecule has 16 heavy (non-hydrogen) atoms. The molecule has 0 saturated carbocycles. The van der Waals surface area contributed by atoms with Gasteiger partial charge in [0.25, 0.3) is 0 Å². The first-order valence-electron chi connectivity index (χ1n) is 6.33. The van der Waals surface area contributed by atoms with Crippen molar-refractivity contribution in [1.82, 2.24) is 4.90 Å². The molecule has 2 nitrogen and oxygen atoms in total. The highest BCUT2D eigenvalue weighted by molar-refractivity contribution is 7.98. The standard InChI is InChI=1S/C13H29NOS/c1-6-8-13(3,11-15)10-14(4)12(7-2)9-16-5/h12,15H,6-11H2,1-5H3. The van der Waals surface area contributed by atoms with Gasteiger partial charge in [0.2, 0.25) is 0 Å². The second-order valence-electron chi connectivity index (χ2n) is 5.15. The molecule has 2 unspecified atom stereocenters. The topological polar surface area (TPSA) is 23.5 Å². The Balaban J connectivity index is 4.31. The van der Waals surface area contributed by atoms with Crippen molar-refractivity contribution >= 4 is 11.8 Å². The Morgan fingerprint density at radius 2 is 2.00 bits per heavy atom. The average molecular weight is 247 g/mol. The maximum Gasteiger partial charge on any atom is 0.0497 e. The van der Waals surface area contributed by atoms with Crippen molar-refractivity contribution < 1.29 is 5.11 Å². The van der Waals surface area contributed by atoms with E-state index >= 15 is 0 Å². The lowest BCUT2D eigenvalue weighted by Crippen LogP contribution is -2.42. The van der Waals surface area contributed by atoms with Gasteiger partial charge in [-0.3, -0.25) is 0 Å². The van der Waals surface area contributed by atoms with Crippen LogP contribution < -0.4 is 0 Å². The molecule has 0 heterocycles. The van der Waals surface area contributed by atoms with Gasteiger partial charge in [-0.15, -0.1) is 0 Å². The maximum atomic E-state index is 9.52. The van der Waals surface area contributed by atoms with Crippen LogP contribution in [0.2, 0.25) is 0 Å². The van der Waals surface area contributed by atoms with E-state index in [1.165, 1.54) is 12.2 Å². The van der Waals surface area contributed by atoms with Crippen LogP contribution in [0.4, 0.5) is 0 Å². The lowest BCUT2D eigenvalue weighted by Gasteiger charge is -2.36. The van der Waals surface area contributed by atoms with Crippen molar-refractivity contribution in [3.8, 4) is 0 Å². The van der Waals surface area contributed by atoms with E-state index < -0.39 is 0 Å². The summed E-state index contributed by atoms with van der Waals surface area (Å²) in [4.78, 5) is 2.42. The van der Waals surface area contributed by atoms with Crippen LogP contribution in [0.3, 0.4) is 0 Å². The molecule has 0 aliphatic heterocycles. The third-order valence-electron chi connectivity index (χ3n) is 3.32. The third kappa shape index (κ3) is 5.55. The van der Waals surface area contributed by atoms with Crippen molar-refractivity contribution in [2.24, 2.45) is 5.41 Å². The van der Waals surface area contributed by atoms with Crippen LogP contribution in [-0.2, 0) is 0 Å². The summed E-state index contributed by atoms with van der Waals surface area (Å²) in [5.74, 6) is 1.18. The molecule has 3 heteroatoms. The van der Waals surface area contributed by atoms with Gasteiger partial charge >= 0.3 is 0 Å². The molecule has 0 bridgehead atoms. The number of hydrogen-bond donors (Lipinski definition) is 1. The van der Waals surface area contributed by atoms with E-state index in [0.717, 1.165) is 19.4 Å². The fourth-order valence-electron chi connectivity index (χ4n) is 2.29. The van der Waals surface area contributed by atoms with Crippen LogP contribution in [0.1, 0.15) is 40.0 Å². The van der Waals surface area contributed by atoms with Gasteiger partial charge in [-0.1, -0.05) is 27.2 Å².